The number of nitrogens with zero attached hydrogens (tertiary/aromatic N) is 4. The number of aromatic nitrogens is 3. The molecule has 0 fully saturated rings. The van der Waals surface area contributed by atoms with E-state index in [9.17, 15) is 4.79 Å². The zero-order chi connectivity index (χ0) is 19.3. The summed E-state index contributed by atoms with van der Waals surface area (Å²) in [5.74, 6) is 2.79. The summed E-state index contributed by atoms with van der Waals surface area (Å²) >= 11 is 0. The Bertz CT molecular complexity index is 1050. The quantitative estimate of drug-likeness (QED) is 0.716. The van der Waals surface area contributed by atoms with E-state index in [2.05, 4.69) is 49.3 Å². The van der Waals surface area contributed by atoms with Crippen molar-refractivity contribution in [2.75, 3.05) is 11.4 Å². The first-order chi connectivity index (χ1) is 13.7. The summed E-state index contributed by atoms with van der Waals surface area (Å²) in [5.41, 5.74) is 5.26. The molecule has 6 nitrogen and oxygen atoms in total. The molecule has 6 heteroatoms. The topological polar surface area (TPSA) is 71.0 Å². The van der Waals surface area contributed by atoms with E-state index >= 15 is 0 Å². The van der Waals surface area contributed by atoms with Gasteiger partial charge in [0, 0.05) is 49.5 Å². The Kier molecular flexibility index (Phi) is 4.98. The number of carbonyl (C=O) groups is 1. The third-order valence-corrected chi connectivity index (χ3v) is 4.59. The monoisotopic (exact) mass is 369 g/mol. The molecule has 1 aromatic carbocycles. The van der Waals surface area contributed by atoms with Crippen molar-refractivity contribution in [3.63, 3.8) is 0 Å². The summed E-state index contributed by atoms with van der Waals surface area (Å²) in [6, 6.07) is 13.1. The van der Waals surface area contributed by atoms with E-state index in [0.29, 0.717) is 6.54 Å². The highest BCUT2D eigenvalue weighted by Gasteiger charge is 2.18. The predicted octanol–water partition coefficient (Wildman–Crippen LogP) is 2.81. The molecule has 1 aliphatic rings. The highest BCUT2D eigenvalue weighted by molar-refractivity contribution is 5.90. The first kappa shape index (κ1) is 17.7. The molecule has 0 unspecified atom stereocenters. The second kappa shape index (κ2) is 7.89. The lowest BCUT2D eigenvalue weighted by Gasteiger charge is -2.11. The highest BCUT2D eigenvalue weighted by atomic mass is 16.2. The number of fused-ring (bicyclic) bond motifs is 1. The van der Waals surface area contributed by atoms with Crippen molar-refractivity contribution < 1.29 is 4.79 Å². The number of hydrogen-bond acceptors (Lipinski definition) is 5. The van der Waals surface area contributed by atoms with Crippen molar-refractivity contribution in [2.45, 2.75) is 19.9 Å². The molecule has 3 heterocycles. The van der Waals surface area contributed by atoms with E-state index in [1.165, 1.54) is 5.56 Å². The van der Waals surface area contributed by atoms with Gasteiger partial charge in [-0.25, -0.2) is 9.97 Å². The van der Waals surface area contributed by atoms with Gasteiger partial charge in [0.05, 0.1) is 5.69 Å². The van der Waals surface area contributed by atoms with E-state index in [4.69, 9.17) is 0 Å². The van der Waals surface area contributed by atoms with Crippen molar-refractivity contribution >= 4 is 11.6 Å². The molecule has 28 heavy (non-hydrogen) atoms. The molecule has 138 valence electrons. The molecular formula is C22H19N5O. The zero-order valence-electron chi connectivity index (χ0n) is 15.5. The minimum absolute atomic E-state index is 0.151. The zero-order valence-corrected chi connectivity index (χ0v) is 15.5. The lowest BCUT2D eigenvalue weighted by atomic mass is 10.0. The Morgan fingerprint density at radius 3 is 2.79 bits per heavy atom. The van der Waals surface area contributed by atoms with Crippen molar-refractivity contribution in [3.05, 3.63) is 72.1 Å². The molecule has 1 N–H and O–H groups in total. The van der Waals surface area contributed by atoms with Crippen LogP contribution in [-0.2, 0) is 13.0 Å². The van der Waals surface area contributed by atoms with Crippen molar-refractivity contribution in [3.8, 4) is 23.1 Å². The van der Waals surface area contributed by atoms with Gasteiger partial charge < -0.3 is 10.2 Å². The van der Waals surface area contributed by atoms with Crippen molar-refractivity contribution in [1.82, 2.24) is 20.3 Å². The number of pyridine rings is 1. The standard InChI is InChI=1S/C22H19N5O/c1-2-9-27-10-7-18-11-17(5-6-20(18)27)19-14-24-21(25-15-19)22(28)26-13-16-4-3-8-23-12-16/h3-6,8,11-12,14-15H,7,10,13H2,1H3,(H,26,28). The molecule has 0 spiro atoms. The maximum atomic E-state index is 12.2. The van der Waals surface area contributed by atoms with Crippen LogP contribution in [0.4, 0.5) is 5.69 Å². The third-order valence-electron chi connectivity index (χ3n) is 4.59. The van der Waals surface area contributed by atoms with Gasteiger partial charge in [-0.05, 0) is 48.2 Å². The number of carbonyl (C=O) groups excluding carboxylic acids is 1. The molecular weight excluding hydrogens is 350 g/mol. The van der Waals surface area contributed by atoms with E-state index in [1.807, 2.05) is 25.1 Å². The molecule has 0 saturated heterocycles. The highest BCUT2D eigenvalue weighted by Crippen LogP contribution is 2.31. The Labute approximate surface area is 163 Å². The number of anilines is 1. The van der Waals surface area contributed by atoms with Crippen LogP contribution in [0.15, 0.2) is 55.1 Å². The molecule has 0 saturated carbocycles. The molecule has 1 aliphatic heterocycles. The number of amides is 1. The Morgan fingerprint density at radius 1 is 1.18 bits per heavy atom. The normalized spacial score (nSPS) is 12.1. The third kappa shape index (κ3) is 3.69. The molecule has 2 aromatic heterocycles. The summed E-state index contributed by atoms with van der Waals surface area (Å²) in [6.45, 7) is 3.14. The van der Waals surface area contributed by atoms with Gasteiger partial charge in [0.1, 0.15) is 0 Å². The summed E-state index contributed by atoms with van der Waals surface area (Å²) < 4.78 is 0. The average Bonchev–Trinajstić information content (AvgIpc) is 3.15. The maximum absolute atomic E-state index is 12.2. The molecule has 1 amide bonds. The van der Waals surface area contributed by atoms with Gasteiger partial charge in [-0.2, -0.15) is 0 Å². The van der Waals surface area contributed by atoms with Crippen LogP contribution >= 0.6 is 0 Å². The fraction of sp³-hybridized carbons (Fsp3) is 0.182. The summed E-state index contributed by atoms with van der Waals surface area (Å²) in [4.78, 5) is 26.8. The van der Waals surface area contributed by atoms with Gasteiger partial charge >= 0.3 is 0 Å². The molecule has 4 rings (SSSR count). The smallest absolute Gasteiger partial charge is 0.289 e. The Morgan fingerprint density at radius 2 is 2.04 bits per heavy atom. The molecule has 0 aliphatic carbocycles. The fourth-order valence-corrected chi connectivity index (χ4v) is 3.19. The number of hydrogen-bond donors (Lipinski definition) is 1. The van der Waals surface area contributed by atoms with Gasteiger partial charge in [0.15, 0.2) is 0 Å². The van der Waals surface area contributed by atoms with Gasteiger partial charge in [-0.15, -0.1) is 0 Å². The minimum atomic E-state index is -0.307. The van der Waals surface area contributed by atoms with Gasteiger partial charge in [0.25, 0.3) is 5.91 Å². The Balaban J connectivity index is 1.46. The van der Waals surface area contributed by atoms with E-state index in [-0.39, 0.29) is 11.7 Å². The van der Waals surface area contributed by atoms with Crippen LogP contribution in [0, 0.1) is 12.0 Å². The van der Waals surface area contributed by atoms with Crippen LogP contribution in [0.3, 0.4) is 0 Å². The molecule has 0 bridgehead atoms. The first-order valence-electron chi connectivity index (χ1n) is 9.07. The van der Waals surface area contributed by atoms with Gasteiger partial charge in [0.2, 0.25) is 5.82 Å². The summed E-state index contributed by atoms with van der Waals surface area (Å²) in [6.07, 6.45) is 7.75. The van der Waals surface area contributed by atoms with Crippen LogP contribution in [0.1, 0.15) is 28.7 Å². The maximum Gasteiger partial charge on any atom is 0.289 e. The lowest BCUT2D eigenvalue weighted by Crippen LogP contribution is -2.24. The predicted molar refractivity (Wildman–Crippen MR) is 107 cm³/mol. The second-order valence-corrected chi connectivity index (χ2v) is 6.45. The van der Waals surface area contributed by atoms with Crippen LogP contribution < -0.4 is 10.2 Å². The van der Waals surface area contributed by atoms with Gasteiger partial charge in [-0.3, -0.25) is 9.78 Å². The lowest BCUT2D eigenvalue weighted by molar-refractivity contribution is 0.0940. The number of rotatable bonds is 4. The average molecular weight is 369 g/mol. The van der Waals surface area contributed by atoms with Crippen molar-refractivity contribution in [1.29, 1.82) is 0 Å². The van der Waals surface area contributed by atoms with E-state index < -0.39 is 0 Å². The van der Waals surface area contributed by atoms with Crippen LogP contribution in [0.25, 0.3) is 11.1 Å². The SMILES string of the molecule is CC#CN1CCc2cc(-c3cnc(C(=O)NCc4cccnc4)nc3)ccc21. The number of nitrogens with one attached hydrogen (secondary N) is 1. The molecule has 0 atom stereocenters. The van der Waals surface area contributed by atoms with E-state index in [1.54, 1.807) is 24.8 Å². The Hall–Kier alpha value is -3.72. The summed E-state index contributed by atoms with van der Waals surface area (Å²) in [5, 5.41) is 2.80. The fourth-order valence-electron chi connectivity index (χ4n) is 3.19. The van der Waals surface area contributed by atoms with Gasteiger partial charge in [-0.1, -0.05) is 18.1 Å². The second-order valence-electron chi connectivity index (χ2n) is 6.45. The van der Waals surface area contributed by atoms with Crippen LogP contribution in [0.5, 0.6) is 0 Å². The summed E-state index contributed by atoms with van der Waals surface area (Å²) in [7, 11) is 0. The van der Waals surface area contributed by atoms with Crippen LogP contribution in [0.2, 0.25) is 0 Å². The van der Waals surface area contributed by atoms with Crippen LogP contribution in [-0.4, -0.2) is 27.4 Å². The van der Waals surface area contributed by atoms with Crippen molar-refractivity contribution in [2.24, 2.45) is 0 Å². The largest absolute Gasteiger partial charge is 0.345 e. The minimum Gasteiger partial charge on any atom is -0.345 e. The van der Waals surface area contributed by atoms with E-state index in [0.717, 1.165) is 35.3 Å². The molecule has 3 aromatic rings. The first-order valence-corrected chi connectivity index (χ1v) is 9.07. The number of benzene rings is 1. The molecule has 0 radical (unpaired) electrons.